The lowest BCUT2D eigenvalue weighted by Gasteiger charge is -2.02. The zero-order valence-electron chi connectivity index (χ0n) is 10.8. The first kappa shape index (κ1) is 11.1. The molecule has 3 aromatic heterocycles. The van der Waals surface area contributed by atoms with Crippen LogP contribution in [0.5, 0.6) is 0 Å². The molecule has 0 aliphatic heterocycles. The van der Waals surface area contributed by atoms with Crippen LogP contribution in [0, 0.1) is 0 Å². The second kappa shape index (κ2) is 4.38. The monoisotopic (exact) mass is 259 g/mol. The molecule has 0 spiro atoms. The average Bonchev–Trinajstić information content (AvgIpc) is 3.16. The van der Waals surface area contributed by atoms with Crippen molar-refractivity contribution in [2.24, 2.45) is 0 Å². The van der Waals surface area contributed by atoms with Gasteiger partial charge in [0.05, 0.1) is 0 Å². The fourth-order valence-corrected chi connectivity index (χ4v) is 2.51. The summed E-state index contributed by atoms with van der Waals surface area (Å²) in [5, 5.41) is 1.13. The Hall–Kier alpha value is -2.81. The number of nitrogens with one attached hydrogen (secondary N) is 2. The number of pyridine rings is 1. The minimum absolute atomic E-state index is 0.911. The standard InChI is InChI=1S/C17H13N3/c1-2-5-12(6-3-1)13-9-14-15(16-7-4-8-18-16)11-20-17(14)19-10-13/h1-11,18H,(H,19,20). The normalized spacial score (nSPS) is 11.0. The minimum atomic E-state index is 0.911. The van der Waals surface area contributed by atoms with Gasteiger partial charge in [-0.05, 0) is 23.8 Å². The molecule has 20 heavy (non-hydrogen) atoms. The van der Waals surface area contributed by atoms with Crippen LogP contribution in [-0.4, -0.2) is 15.0 Å². The summed E-state index contributed by atoms with van der Waals surface area (Å²) in [6, 6.07) is 16.6. The van der Waals surface area contributed by atoms with E-state index in [-0.39, 0.29) is 0 Å². The van der Waals surface area contributed by atoms with Gasteiger partial charge >= 0.3 is 0 Å². The number of hydrogen-bond donors (Lipinski definition) is 2. The van der Waals surface area contributed by atoms with Gasteiger partial charge in [-0.3, -0.25) is 0 Å². The van der Waals surface area contributed by atoms with E-state index in [0.717, 1.165) is 27.9 Å². The first-order valence-corrected chi connectivity index (χ1v) is 6.58. The van der Waals surface area contributed by atoms with Crippen LogP contribution in [0.15, 0.2) is 67.1 Å². The summed E-state index contributed by atoms with van der Waals surface area (Å²) in [5.74, 6) is 0. The van der Waals surface area contributed by atoms with Gasteiger partial charge in [0, 0.05) is 40.8 Å². The van der Waals surface area contributed by atoms with Gasteiger partial charge in [0.15, 0.2) is 0 Å². The van der Waals surface area contributed by atoms with Crippen molar-refractivity contribution >= 4 is 11.0 Å². The number of fused-ring (bicyclic) bond motifs is 1. The Morgan fingerprint density at radius 2 is 1.75 bits per heavy atom. The van der Waals surface area contributed by atoms with E-state index in [0.29, 0.717) is 0 Å². The van der Waals surface area contributed by atoms with E-state index in [9.17, 15) is 0 Å². The van der Waals surface area contributed by atoms with Crippen molar-refractivity contribution in [1.82, 2.24) is 15.0 Å². The molecule has 0 fully saturated rings. The first-order valence-electron chi connectivity index (χ1n) is 6.58. The predicted octanol–water partition coefficient (Wildman–Crippen LogP) is 4.23. The maximum absolute atomic E-state index is 4.52. The summed E-state index contributed by atoms with van der Waals surface area (Å²) < 4.78 is 0. The van der Waals surface area contributed by atoms with Gasteiger partial charge < -0.3 is 9.97 Å². The Kier molecular flexibility index (Phi) is 2.42. The minimum Gasteiger partial charge on any atom is -0.361 e. The van der Waals surface area contributed by atoms with Crippen LogP contribution < -0.4 is 0 Å². The summed E-state index contributed by atoms with van der Waals surface area (Å²) in [6.45, 7) is 0. The zero-order chi connectivity index (χ0) is 13.4. The Labute approximate surface area is 116 Å². The van der Waals surface area contributed by atoms with Crippen LogP contribution in [-0.2, 0) is 0 Å². The molecule has 0 amide bonds. The molecule has 0 aliphatic carbocycles. The van der Waals surface area contributed by atoms with Crippen molar-refractivity contribution in [2.75, 3.05) is 0 Å². The van der Waals surface area contributed by atoms with Crippen molar-refractivity contribution in [3.05, 3.63) is 67.1 Å². The molecular weight excluding hydrogens is 246 g/mol. The summed E-state index contributed by atoms with van der Waals surface area (Å²) in [7, 11) is 0. The smallest absolute Gasteiger partial charge is 0.137 e. The molecule has 0 radical (unpaired) electrons. The maximum Gasteiger partial charge on any atom is 0.137 e. The Bertz CT molecular complexity index is 842. The molecule has 0 saturated carbocycles. The quantitative estimate of drug-likeness (QED) is 0.556. The van der Waals surface area contributed by atoms with Crippen molar-refractivity contribution in [2.45, 2.75) is 0 Å². The number of rotatable bonds is 2. The van der Waals surface area contributed by atoms with Gasteiger partial charge in [0.1, 0.15) is 5.65 Å². The number of aromatic nitrogens is 3. The second-order valence-electron chi connectivity index (χ2n) is 4.77. The molecular formula is C17H13N3. The van der Waals surface area contributed by atoms with Gasteiger partial charge in [-0.1, -0.05) is 30.3 Å². The summed E-state index contributed by atoms with van der Waals surface area (Å²) in [4.78, 5) is 11.0. The number of benzene rings is 1. The molecule has 96 valence electrons. The molecule has 3 heteroatoms. The van der Waals surface area contributed by atoms with Gasteiger partial charge in [-0.2, -0.15) is 0 Å². The highest BCUT2D eigenvalue weighted by Crippen LogP contribution is 2.29. The Morgan fingerprint density at radius 1 is 0.850 bits per heavy atom. The van der Waals surface area contributed by atoms with Gasteiger partial charge in [0.25, 0.3) is 0 Å². The SMILES string of the molecule is c1ccc(-c2cnc3[nH]cc(-c4ccc[nH]4)c3c2)cc1. The number of nitrogens with zero attached hydrogens (tertiary/aromatic N) is 1. The van der Waals surface area contributed by atoms with E-state index in [1.807, 2.05) is 42.9 Å². The third-order valence-corrected chi connectivity index (χ3v) is 3.53. The molecule has 0 saturated heterocycles. The van der Waals surface area contributed by atoms with Gasteiger partial charge in [-0.15, -0.1) is 0 Å². The van der Waals surface area contributed by atoms with Gasteiger partial charge in [-0.25, -0.2) is 4.98 Å². The predicted molar refractivity (Wildman–Crippen MR) is 81.3 cm³/mol. The molecule has 0 bridgehead atoms. The van der Waals surface area contributed by atoms with E-state index >= 15 is 0 Å². The van der Waals surface area contributed by atoms with Crippen LogP contribution in [0.1, 0.15) is 0 Å². The van der Waals surface area contributed by atoms with Crippen molar-refractivity contribution in [1.29, 1.82) is 0 Å². The lowest BCUT2D eigenvalue weighted by molar-refractivity contribution is 1.32. The largest absolute Gasteiger partial charge is 0.361 e. The van der Waals surface area contributed by atoms with Crippen LogP contribution in [0.2, 0.25) is 0 Å². The van der Waals surface area contributed by atoms with E-state index in [2.05, 4.69) is 39.2 Å². The molecule has 1 aromatic carbocycles. The molecule has 4 rings (SSSR count). The highest BCUT2D eigenvalue weighted by Gasteiger charge is 2.09. The molecule has 3 nitrogen and oxygen atoms in total. The van der Waals surface area contributed by atoms with Crippen molar-refractivity contribution in [3.63, 3.8) is 0 Å². The second-order valence-corrected chi connectivity index (χ2v) is 4.77. The van der Waals surface area contributed by atoms with Crippen LogP contribution in [0.4, 0.5) is 0 Å². The van der Waals surface area contributed by atoms with Crippen molar-refractivity contribution < 1.29 is 0 Å². The lowest BCUT2D eigenvalue weighted by Crippen LogP contribution is -1.82. The van der Waals surface area contributed by atoms with Crippen LogP contribution >= 0.6 is 0 Å². The fourth-order valence-electron chi connectivity index (χ4n) is 2.51. The first-order chi connectivity index (χ1) is 9.92. The fraction of sp³-hybridized carbons (Fsp3) is 0. The number of hydrogen-bond acceptors (Lipinski definition) is 1. The van der Waals surface area contributed by atoms with Crippen LogP contribution in [0.3, 0.4) is 0 Å². The number of aromatic amines is 2. The van der Waals surface area contributed by atoms with E-state index in [1.54, 1.807) is 0 Å². The third kappa shape index (κ3) is 1.72. The average molecular weight is 259 g/mol. The Morgan fingerprint density at radius 3 is 2.55 bits per heavy atom. The van der Waals surface area contributed by atoms with E-state index in [1.165, 1.54) is 5.56 Å². The number of H-pyrrole nitrogens is 2. The van der Waals surface area contributed by atoms with E-state index < -0.39 is 0 Å². The third-order valence-electron chi connectivity index (χ3n) is 3.53. The highest BCUT2D eigenvalue weighted by atomic mass is 14.8. The molecule has 3 heterocycles. The molecule has 2 N–H and O–H groups in total. The topological polar surface area (TPSA) is 44.5 Å². The molecule has 4 aromatic rings. The maximum atomic E-state index is 4.52. The van der Waals surface area contributed by atoms with Crippen molar-refractivity contribution in [3.8, 4) is 22.4 Å². The Balaban J connectivity index is 1.92. The molecule has 0 aliphatic rings. The van der Waals surface area contributed by atoms with E-state index in [4.69, 9.17) is 0 Å². The van der Waals surface area contributed by atoms with Crippen LogP contribution in [0.25, 0.3) is 33.4 Å². The highest BCUT2D eigenvalue weighted by molar-refractivity contribution is 5.94. The summed E-state index contributed by atoms with van der Waals surface area (Å²) >= 11 is 0. The lowest BCUT2D eigenvalue weighted by atomic mass is 10.1. The molecule has 0 unspecified atom stereocenters. The molecule has 0 atom stereocenters. The summed E-state index contributed by atoms with van der Waals surface area (Å²) in [6.07, 6.45) is 5.84. The summed E-state index contributed by atoms with van der Waals surface area (Å²) in [5.41, 5.74) is 5.47. The van der Waals surface area contributed by atoms with Gasteiger partial charge in [0.2, 0.25) is 0 Å². The zero-order valence-corrected chi connectivity index (χ0v) is 10.8.